The van der Waals surface area contributed by atoms with Crippen LogP contribution in [0.3, 0.4) is 0 Å². The van der Waals surface area contributed by atoms with E-state index >= 15 is 0 Å². The van der Waals surface area contributed by atoms with Gasteiger partial charge in [0.2, 0.25) is 0 Å². The second kappa shape index (κ2) is 9.56. The van der Waals surface area contributed by atoms with Crippen LogP contribution in [-0.4, -0.2) is 42.6 Å². The Bertz CT molecular complexity index is 811. The predicted molar refractivity (Wildman–Crippen MR) is 99.7 cm³/mol. The van der Waals surface area contributed by atoms with E-state index in [4.69, 9.17) is 9.47 Å². The Morgan fingerprint density at radius 2 is 1.74 bits per heavy atom. The van der Waals surface area contributed by atoms with E-state index in [1.54, 1.807) is 20.8 Å². The third-order valence-electron chi connectivity index (χ3n) is 4.03. The quantitative estimate of drug-likeness (QED) is 0.693. The van der Waals surface area contributed by atoms with Gasteiger partial charge in [-0.15, -0.1) is 0 Å². The number of amides is 1. The number of aromatic nitrogens is 1. The molecule has 1 amide bonds. The number of ether oxygens (including phenoxy) is 2. The highest BCUT2D eigenvalue weighted by atomic mass is 16.5. The largest absolute Gasteiger partial charge is 0.462 e. The van der Waals surface area contributed by atoms with E-state index in [1.165, 1.54) is 0 Å². The highest BCUT2D eigenvalue weighted by Crippen LogP contribution is 2.19. The lowest BCUT2D eigenvalue weighted by Gasteiger charge is -2.07. The highest BCUT2D eigenvalue weighted by Gasteiger charge is 2.24. The zero-order chi connectivity index (χ0) is 19.8. The Kier molecular flexibility index (Phi) is 7.16. The molecule has 1 heterocycles. The minimum atomic E-state index is -0.690. The van der Waals surface area contributed by atoms with Crippen molar-refractivity contribution in [3.05, 3.63) is 58.4 Å². The molecular formula is C20H24N2O5. The van der Waals surface area contributed by atoms with E-state index in [0.717, 1.165) is 5.56 Å². The van der Waals surface area contributed by atoms with Crippen LogP contribution in [0.5, 0.6) is 0 Å². The molecule has 0 saturated carbocycles. The number of esters is 2. The van der Waals surface area contributed by atoms with E-state index in [0.29, 0.717) is 29.8 Å². The Hall–Kier alpha value is -3.09. The van der Waals surface area contributed by atoms with Crippen LogP contribution in [0.2, 0.25) is 0 Å². The average molecular weight is 372 g/mol. The van der Waals surface area contributed by atoms with Crippen molar-refractivity contribution in [2.75, 3.05) is 19.8 Å². The summed E-state index contributed by atoms with van der Waals surface area (Å²) in [7, 11) is 0. The van der Waals surface area contributed by atoms with E-state index in [-0.39, 0.29) is 24.8 Å². The second-order valence-electron chi connectivity index (χ2n) is 6.01. The Morgan fingerprint density at radius 1 is 1.04 bits per heavy atom. The topological polar surface area (TPSA) is 97.5 Å². The number of aromatic amines is 1. The van der Waals surface area contributed by atoms with E-state index < -0.39 is 11.9 Å². The third kappa shape index (κ3) is 5.44. The van der Waals surface area contributed by atoms with Gasteiger partial charge in [-0.2, -0.15) is 0 Å². The molecule has 0 spiro atoms. The number of H-pyrrole nitrogens is 1. The summed E-state index contributed by atoms with van der Waals surface area (Å²) in [6.45, 7) is 5.32. The molecule has 27 heavy (non-hydrogen) atoms. The number of rotatable bonds is 8. The molecule has 7 heteroatoms. The molecular weight excluding hydrogens is 348 g/mol. The fraction of sp³-hybridized carbons (Fsp3) is 0.350. The zero-order valence-corrected chi connectivity index (χ0v) is 15.8. The van der Waals surface area contributed by atoms with Crippen LogP contribution in [0.1, 0.15) is 44.6 Å². The van der Waals surface area contributed by atoms with Gasteiger partial charge in [-0.1, -0.05) is 30.3 Å². The van der Waals surface area contributed by atoms with Crippen molar-refractivity contribution < 1.29 is 23.9 Å². The van der Waals surface area contributed by atoms with Gasteiger partial charge < -0.3 is 19.8 Å². The fourth-order valence-electron chi connectivity index (χ4n) is 2.71. The first kappa shape index (κ1) is 20.2. The summed E-state index contributed by atoms with van der Waals surface area (Å²) in [5.74, 6) is -1.57. The lowest BCUT2D eigenvalue weighted by molar-refractivity contribution is -0.124. The minimum Gasteiger partial charge on any atom is -0.462 e. The van der Waals surface area contributed by atoms with Crippen LogP contribution in [0, 0.1) is 13.8 Å². The summed E-state index contributed by atoms with van der Waals surface area (Å²) in [6.07, 6.45) is 0.693. The molecule has 0 aliphatic carbocycles. The summed E-state index contributed by atoms with van der Waals surface area (Å²) in [5, 5.41) is 2.70. The molecule has 0 fully saturated rings. The summed E-state index contributed by atoms with van der Waals surface area (Å²) in [6, 6.07) is 9.75. The molecule has 0 unspecified atom stereocenters. The number of carbonyl (C=O) groups is 3. The lowest BCUT2D eigenvalue weighted by Crippen LogP contribution is -2.30. The van der Waals surface area contributed by atoms with Crippen LogP contribution in [0.4, 0.5) is 0 Å². The molecule has 0 atom stereocenters. The number of aryl methyl sites for hydroxylation is 1. The van der Waals surface area contributed by atoms with Gasteiger partial charge in [-0.05, 0) is 38.3 Å². The maximum absolute atomic E-state index is 12.2. The van der Waals surface area contributed by atoms with Gasteiger partial charge in [-0.25, -0.2) is 9.59 Å². The van der Waals surface area contributed by atoms with Gasteiger partial charge in [0.15, 0.2) is 6.61 Å². The van der Waals surface area contributed by atoms with Crippen LogP contribution < -0.4 is 5.32 Å². The molecule has 0 saturated heterocycles. The molecule has 144 valence electrons. The van der Waals surface area contributed by atoms with Crippen molar-refractivity contribution in [1.29, 1.82) is 0 Å². The molecule has 0 aliphatic heterocycles. The molecule has 2 aromatic rings. The SMILES string of the molecule is CCOC(=O)c1c(C)[nH]c(C(=O)OCC(=O)NCCc2ccccc2)c1C. The molecule has 2 N–H and O–H groups in total. The monoisotopic (exact) mass is 372 g/mol. The van der Waals surface area contributed by atoms with Crippen molar-refractivity contribution in [2.24, 2.45) is 0 Å². The summed E-state index contributed by atoms with van der Waals surface area (Å²) >= 11 is 0. The number of carbonyl (C=O) groups excluding carboxylic acids is 3. The van der Waals surface area contributed by atoms with Crippen LogP contribution in [-0.2, 0) is 20.7 Å². The van der Waals surface area contributed by atoms with Gasteiger partial charge in [-0.3, -0.25) is 4.79 Å². The minimum absolute atomic E-state index is 0.146. The smallest absolute Gasteiger partial charge is 0.355 e. The molecule has 7 nitrogen and oxygen atoms in total. The van der Waals surface area contributed by atoms with Gasteiger partial charge in [0.05, 0.1) is 12.2 Å². The zero-order valence-electron chi connectivity index (χ0n) is 15.8. The summed E-state index contributed by atoms with van der Waals surface area (Å²) in [5.41, 5.74) is 2.54. The normalized spacial score (nSPS) is 10.3. The van der Waals surface area contributed by atoms with E-state index in [9.17, 15) is 14.4 Å². The maximum Gasteiger partial charge on any atom is 0.355 e. The van der Waals surface area contributed by atoms with Gasteiger partial charge in [0.1, 0.15) is 5.69 Å². The molecule has 0 aliphatic rings. The first-order valence-electron chi connectivity index (χ1n) is 8.78. The van der Waals surface area contributed by atoms with Crippen molar-refractivity contribution >= 4 is 17.8 Å². The number of hydrogen-bond donors (Lipinski definition) is 2. The van der Waals surface area contributed by atoms with Crippen molar-refractivity contribution in [3.8, 4) is 0 Å². The van der Waals surface area contributed by atoms with Crippen LogP contribution >= 0.6 is 0 Å². The van der Waals surface area contributed by atoms with E-state index in [2.05, 4.69) is 10.3 Å². The first-order valence-corrected chi connectivity index (χ1v) is 8.78. The van der Waals surface area contributed by atoms with Crippen LogP contribution in [0.15, 0.2) is 30.3 Å². The average Bonchev–Trinajstić information content (AvgIpc) is 2.95. The highest BCUT2D eigenvalue weighted by molar-refractivity contribution is 5.99. The van der Waals surface area contributed by atoms with Crippen molar-refractivity contribution in [3.63, 3.8) is 0 Å². The lowest BCUT2D eigenvalue weighted by atomic mass is 10.1. The Labute approximate surface area is 158 Å². The van der Waals surface area contributed by atoms with Crippen molar-refractivity contribution in [1.82, 2.24) is 10.3 Å². The summed E-state index contributed by atoms with van der Waals surface area (Å²) in [4.78, 5) is 38.9. The molecule has 1 aromatic heterocycles. The molecule has 0 bridgehead atoms. The summed E-state index contributed by atoms with van der Waals surface area (Å²) < 4.78 is 10.0. The Morgan fingerprint density at radius 3 is 2.41 bits per heavy atom. The fourth-order valence-corrected chi connectivity index (χ4v) is 2.71. The number of benzene rings is 1. The van der Waals surface area contributed by atoms with Gasteiger partial charge in [0, 0.05) is 12.2 Å². The standard InChI is InChI=1S/C20H24N2O5/c1-4-26-19(24)17-13(2)18(22-14(17)3)20(25)27-12-16(23)21-11-10-15-8-6-5-7-9-15/h5-9,22H,4,10-12H2,1-3H3,(H,21,23). The molecule has 2 rings (SSSR count). The van der Waals surface area contributed by atoms with E-state index in [1.807, 2.05) is 30.3 Å². The number of nitrogens with one attached hydrogen (secondary N) is 2. The van der Waals surface area contributed by atoms with Gasteiger partial charge >= 0.3 is 11.9 Å². The second-order valence-corrected chi connectivity index (χ2v) is 6.01. The third-order valence-corrected chi connectivity index (χ3v) is 4.03. The molecule has 0 radical (unpaired) electrons. The first-order chi connectivity index (χ1) is 12.9. The van der Waals surface area contributed by atoms with Crippen molar-refractivity contribution in [2.45, 2.75) is 27.2 Å². The number of hydrogen-bond acceptors (Lipinski definition) is 5. The van der Waals surface area contributed by atoms with Crippen LogP contribution in [0.25, 0.3) is 0 Å². The maximum atomic E-state index is 12.2. The predicted octanol–water partition coefficient (Wildman–Crippen LogP) is 2.32. The molecule has 1 aromatic carbocycles. The van der Waals surface area contributed by atoms with Gasteiger partial charge in [0.25, 0.3) is 5.91 Å². The Balaban J connectivity index is 1.85.